The van der Waals surface area contributed by atoms with Crippen LogP contribution in [0, 0.1) is 0 Å². The first kappa shape index (κ1) is 19.2. The van der Waals surface area contributed by atoms with E-state index in [0.717, 1.165) is 6.26 Å². The van der Waals surface area contributed by atoms with Gasteiger partial charge in [0.25, 0.3) is 5.91 Å². The van der Waals surface area contributed by atoms with E-state index >= 15 is 0 Å². The Balaban J connectivity index is 2.00. The zero-order valence-corrected chi connectivity index (χ0v) is 15.2. The van der Waals surface area contributed by atoms with Crippen LogP contribution in [0.5, 0.6) is 0 Å². The van der Waals surface area contributed by atoms with E-state index in [4.69, 9.17) is 9.47 Å². The fraction of sp³-hybridized carbons (Fsp3) is 0.500. The SMILES string of the molecule is C[C@H]1CN(C(=O)COC(=O)c2ccccc2NS(C)(=O)=O)C[C@H](C)O1. The molecule has 1 heterocycles. The quantitative estimate of drug-likeness (QED) is 0.771. The number of nitrogens with zero attached hydrogens (tertiary/aromatic N) is 1. The Labute approximate surface area is 147 Å². The molecule has 0 bridgehead atoms. The summed E-state index contributed by atoms with van der Waals surface area (Å²) in [5.74, 6) is -1.08. The molecule has 0 unspecified atom stereocenters. The maximum atomic E-state index is 12.2. The molecule has 1 fully saturated rings. The summed E-state index contributed by atoms with van der Waals surface area (Å²) in [5, 5.41) is 0. The van der Waals surface area contributed by atoms with Crippen LogP contribution in [0.4, 0.5) is 5.69 Å². The van der Waals surface area contributed by atoms with Gasteiger partial charge in [0.15, 0.2) is 6.61 Å². The average molecular weight is 370 g/mol. The normalized spacial score (nSPS) is 20.8. The lowest BCUT2D eigenvalue weighted by atomic mass is 10.2. The van der Waals surface area contributed by atoms with Crippen LogP contribution in [0.2, 0.25) is 0 Å². The molecule has 1 aliphatic rings. The van der Waals surface area contributed by atoms with Crippen LogP contribution in [-0.4, -0.2) is 63.4 Å². The average Bonchev–Trinajstić information content (AvgIpc) is 2.50. The topological polar surface area (TPSA) is 102 Å². The molecule has 0 saturated carbocycles. The van der Waals surface area contributed by atoms with Crippen LogP contribution in [-0.2, 0) is 24.3 Å². The third-order valence-corrected chi connectivity index (χ3v) is 4.13. The lowest BCUT2D eigenvalue weighted by Crippen LogP contribution is -2.49. The van der Waals surface area contributed by atoms with Crippen LogP contribution in [0.3, 0.4) is 0 Å². The summed E-state index contributed by atoms with van der Waals surface area (Å²) >= 11 is 0. The summed E-state index contributed by atoms with van der Waals surface area (Å²) in [6.07, 6.45) is 0.825. The largest absolute Gasteiger partial charge is 0.452 e. The first-order valence-corrected chi connectivity index (χ1v) is 9.72. The van der Waals surface area contributed by atoms with E-state index in [1.165, 1.54) is 12.1 Å². The summed E-state index contributed by atoms with van der Waals surface area (Å²) in [6, 6.07) is 6.05. The zero-order chi connectivity index (χ0) is 18.6. The molecule has 25 heavy (non-hydrogen) atoms. The number of hydrogen-bond donors (Lipinski definition) is 1. The Morgan fingerprint density at radius 3 is 2.44 bits per heavy atom. The Morgan fingerprint density at radius 1 is 1.24 bits per heavy atom. The van der Waals surface area contributed by atoms with E-state index in [1.807, 2.05) is 13.8 Å². The number of sulfonamides is 1. The summed E-state index contributed by atoms with van der Waals surface area (Å²) in [7, 11) is -3.54. The Hall–Kier alpha value is -2.13. The number of carbonyl (C=O) groups is 2. The lowest BCUT2D eigenvalue weighted by Gasteiger charge is -2.35. The van der Waals surface area contributed by atoms with Crippen molar-refractivity contribution in [2.75, 3.05) is 30.7 Å². The molecule has 9 heteroatoms. The molecular weight excluding hydrogens is 348 g/mol. The molecule has 2 atom stereocenters. The van der Waals surface area contributed by atoms with Crippen molar-refractivity contribution in [3.63, 3.8) is 0 Å². The van der Waals surface area contributed by atoms with Crippen molar-refractivity contribution in [3.8, 4) is 0 Å². The van der Waals surface area contributed by atoms with E-state index < -0.39 is 22.6 Å². The summed E-state index contributed by atoms with van der Waals surface area (Å²) in [5.41, 5.74) is 0.153. The molecule has 0 radical (unpaired) electrons. The van der Waals surface area contributed by atoms with Crippen molar-refractivity contribution in [2.24, 2.45) is 0 Å². The molecule has 1 saturated heterocycles. The van der Waals surface area contributed by atoms with Gasteiger partial charge >= 0.3 is 5.97 Å². The predicted octanol–water partition coefficient (Wildman–Crippen LogP) is 0.851. The molecule has 1 aromatic rings. The van der Waals surface area contributed by atoms with Gasteiger partial charge in [-0.05, 0) is 26.0 Å². The minimum atomic E-state index is -3.54. The molecule has 0 spiro atoms. The number of hydrogen-bond acceptors (Lipinski definition) is 6. The highest BCUT2D eigenvalue weighted by atomic mass is 32.2. The van der Waals surface area contributed by atoms with Gasteiger partial charge in [0.1, 0.15) is 0 Å². The van der Waals surface area contributed by atoms with E-state index in [-0.39, 0.29) is 29.4 Å². The second kappa shape index (κ2) is 7.83. The number of amides is 1. The van der Waals surface area contributed by atoms with Gasteiger partial charge in [-0.15, -0.1) is 0 Å². The maximum Gasteiger partial charge on any atom is 0.340 e. The van der Waals surface area contributed by atoms with Crippen LogP contribution < -0.4 is 4.72 Å². The fourth-order valence-corrected chi connectivity index (χ4v) is 3.21. The van der Waals surface area contributed by atoms with Crippen molar-refractivity contribution >= 4 is 27.6 Å². The van der Waals surface area contributed by atoms with Crippen LogP contribution in [0.15, 0.2) is 24.3 Å². The summed E-state index contributed by atoms with van der Waals surface area (Å²) < 4.78 is 35.6. The molecule has 1 aromatic carbocycles. The molecular formula is C16H22N2O6S. The third kappa shape index (κ3) is 5.71. The Morgan fingerprint density at radius 2 is 1.84 bits per heavy atom. The highest BCUT2D eigenvalue weighted by Gasteiger charge is 2.26. The number of esters is 1. The monoisotopic (exact) mass is 370 g/mol. The van der Waals surface area contributed by atoms with E-state index in [9.17, 15) is 18.0 Å². The molecule has 1 aliphatic heterocycles. The number of morpholine rings is 1. The molecule has 1 amide bonds. The second-order valence-electron chi connectivity index (χ2n) is 6.05. The fourth-order valence-electron chi connectivity index (χ4n) is 2.63. The zero-order valence-electron chi connectivity index (χ0n) is 14.4. The minimum absolute atomic E-state index is 0.0458. The Bertz CT molecular complexity index is 739. The standard InChI is InChI=1S/C16H22N2O6S/c1-11-8-18(9-12(2)24-11)15(19)10-23-16(20)13-6-4-5-7-14(13)17-25(3,21)22/h4-7,11-12,17H,8-10H2,1-3H3/t11-,12-/m0/s1. The number of ether oxygens (including phenoxy) is 2. The number of carbonyl (C=O) groups excluding carboxylic acids is 2. The number of benzene rings is 1. The molecule has 0 aromatic heterocycles. The highest BCUT2D eigenvalue weighted by Crippen LogP contribution is 2.17. The number of anilines is 1. The summed E-state index contributed by atoms with van der Waals surface area (Å²) in [6.45, 7) is 4.20. The van der Waals surface area contributed by atoms with Crippen molar-refractivity contribution in [1.29, 1.82) is 0 Å². The van der Waals surface area contributed by atoms with Gasteiger partial charge < -0.3 is 14.4 Å². The second-order valence-corrected chi connectivity index (χ2v) is 7.80. The van der Waals surface area contributed by atoms with Gasteiger partial charge in [-0.3, -0.25) is 9.52 Å². The first-order valence-electron chi connectivity index (χ1n) is 7.83. The highest BCUT2D eigenvalue weighted by molar-refractivity contribution is 7.92. The minimum Gasteiger partial charge on any atom is -0.452 e. The smallest absolute Gasteiger partial charge is 0.340 e. The number of rotatable bonds is 5. The molecule has 138 valence electrons. The molecule has 1 N–H and O–H groups in total. The molecule has 8 nitrogen and oxygen atoms in total. The van der Waals surface area contributed by atoms with Crippen molar-refractivity contribution in [2.45, 2.75) is 26.1 Å². The first-order chi connectivity index (χ1) is 11.7. The van der Waals surface area contributed by atoms with Crippen molar-refractivity contribution in [3.05, 3.63) is 29.8 Å². The van der Waals surface area contributed by atoms with Gasteiger partial charge in [0, 0.05) is 13.1 Å². The van der Waals surface area contributed by atoms with Gasteiger partial charge in [0.05, 0.1) is 29.7 Å². The summed E-state index contributed by atoms with van der Waals surface area (Å²) in [4.78, 5) is 26.0. The molecule has 0 aliphatic carbocycles. The van der Waals surface area contributed by atoms with E-state index in [0.29, 0.717) is 13.1 Å². The van der Waals surface area contributed by atoms with Gasteiger partial charge in [-0.25, -0.2) is 13.2 Å². The van der Waals surface area contributed by atoms with Crippen molar-refractivity contribution < 1.29 is 27.5 Å². The van der Waals surface area contributed by atoms with Crippen molar-refractivity contribution in [1.82, 2.24) is 4.90 Å². The predicted molar refractivity (Wildman–Crippen MR) is 91.8 cm³/mol. The number of nitrogens with one attached hydrogen (secondary N) is 1. The van der Waals surface area contributed by atoms with E-state index in [2.05, 4.69) is 4.72 Å². The van der Waals surface area contributed by atoms with E-state index in [1.54, 1.807) is 17.0 Å². The van der Waals surface area contributed by atoms with Gasteiger partial charge in [0.2, 0.25) is 10.0 Å². The van der Waals surface area contributed by atoms with Crippen LogP contribution in [0.1, 0.15) is 24.2 Å². The molecule has 2 rings (SSSR count). The lowest BCUT2D eigenvalue weighted by molar-refractivity contribution is -0.146. The van der Waals surface area contributed by atoms with Crippen LogP contribution in [0.25, 0.3) is 0 Å². The third-order valence-electron chi connectivity index (χ3n) is 3.54. The van der Waals surface area contributed by atoms with Crippen LogP contribution >= 0.6 is 0 Å². The van der Waals surface area contributed by atoms with Gasteiger partial charge in [-0.2, -0.15) is 0 Å². The maximum absolute atomic E-state index is 12.2. The Kier molecular flexibility index (Phi) is 6.02. The van der Waals surface area contributed by atoms with Gasteiger partial charge in [-0.1, -0.05) is 12.1 Å². The number of para-hydroxylation sites is 1.